The third-order valence-electron chi connectivity index (χ3n) is 2.83. The highest BCUT2D eigenvalue weighted by molar-refractivity contribution is 5.92. The molecule has 0 aliphatic rings. The molecule has 0 radical (unpaired) electrons. The summed E-state index contributed by atoms with van der Waals surface area (Å²) in [6, 6.07) is 8.45. The van der Waals surface area contributed by atoms with Crippen molar-refractivity contribution >= 4 is 11.6 Å². The summed E-state index contributed by atoms with van der Waals surface area (Å²) in [7, 11) is 1.52. The predicted octanol–water partition coefficient (Wildman–Crippen LogP) is 3.29. The normalized spacial score (nSPS) is 10.3. The molecule has 0 saturated carbocycles. The fourth-order valence-electron chi connectivity index (χ4n) is 1.75. The first-order chi connectivity index (χ1) is 10.0. The van der Waals surface area contributed by atoms with E-state index in [4.69, 9.17) is 4.74 Å². The number of benzene rings is 2. The first-order valence-electron chi connectivity index (χ1n) is 6.07. The smallest absolute Gasteiger partial charge is 0.228 e. The molecule has 2 rings (SSSR count). The molecule has 2 aromatic carbocycles. The lowest BCUT2D eigenvalue weighted by Crippen LogP contribution is -2.16. The first-order valence-corrected chi connectivity index (χ1v) is 6.07. The predicted molar refractivity (Wildman–Crippen MR) is 71.6 cm³/mol. The Hall–Kier alpha value is -2.50. The Balaban J connectivity index is 2.06. The highest BCUT2D eigenvalue weighted by Crippen LogP contribution is 2.20. The van der Waals surface area contributed by atoms with Crippen molar-refractivity contribution in [2.75, 3.05) is 12.4 Å². The quantitative estimate of drug-likeness (QED) is 0.879. The highest BCUT2D eigenvalue weighted by Gasteiger charge is 2.15. The van der Waals surface area contributed by atoms with Gasteiger partial charge in [-0.2, -0.15) is 0 Å². The van der Waals surface area contributed by atoms with Crippen LogP contribution in [0.25, 0.3) is 0 Å². The topological polar surface area (TPSA) is 38.3 Å². The fraction of sp³-hybridized carbons (Fsp3) is 0.133. The van der Waals surface area contributed by atoms with Crippen LogP contribution >= 0.6 is 0 Å². The molecule has 0 aliphatic carbocycles. The number of nitrogens with one attached hydrogen (secondary N) is 1. The van der Waals surface area contributed by atoms with E-state index in [1.165, 1.54) is 7.11 Å². The second-order valence-electron chi connectivity index (χ2n) is 4.30. The van der Waals surface area contributed by atoms with Crippen LogP contribution in [-0.4, -0.2) is 13.0 Å². The summed E-state index contributed by atoms with van der Waals surface area (Å²) >= 11 is 0. The van der Waals surface area contributed by atoms with Gasteiger partial charge < -0.3 is 10.1 Å². The lowest BCUT2D eigenvalue weighted by Gasteiger charge is -2.08. The van der Waals surface area contributed by atoms with E-state index in [1.807, 2.05) is 0 Å². The van der Waals surface area contributed by atoms with E-state index in [0.717, 1.165) is 12.1 Å². The van der Waals surface area contributed by atoms with E-state index < -0.39 is 29.0 Å². The number of halogens is 3. The molecule has 1 amide bonds. The molecule has 1 N–H and O–H groups in total. The molecule has 110 valence electrons. The van der Waals surface area contributed by atoms with Crippen molar-refractivity contribution in [3.63, 3.8) is 0 Å². The molecular weight excluding hydrogens is 283 g/mol. The average molecular weight is 295 g/mol. The third-order valence-corrected chi connectivity index (χ3v) is 2.83. The average Bonchev–Trinajstić information content (AvgIpc) is 2.49. The van der Waals surface area contributed by atoms with Crippen molar-refractivity contribution < 1.29 is 22.7 Å². The molecule has 0 spiro atoms. The van der Waals surface area contributed by atoms with Crippen LogP contribution in [0.4, 0.5) is 18.9 Å². The van der Waals surface area contributed by atoms with Gasteiger partial charge in [-0.05, 0) is 29.8 Å². The molecule has 0 fully saturated rings. The van der Waals surface area contributed by atoms with Crippen molar-refractivity contribution in [1.29, 1.82) is 0 Å². The van der Waals surface area contributed by atoms with Gasteiger partial charge >= 0.3 is 0 Å². The Kier molecular flexibility index (Phi) is 4.47. The molecule has 6 heteroatoms. The van der Waals surface area contributed by atoms with Gasteiger partial charge in [0.25, 0.3) is 0 Å². The van der Waals surface area contributed by atoms with Gasteiger partial charge in [0.05, 0.1) is 19.2 Å². The van der Waals surface area contributed by atoms with Gasteiger partial charge in [-0.15, -0.1) is 0 Å². The molecule has 2 aromatic rings. The van der Waals surface area contributed by atoms with Crippen LogP contribution in [0.15, 0.2) is 36.4 Å². The summed E-state index contributed by atoms with van der Waals surface area (Å²) in [5.74, 6) is -4.23. The number of hydrogen-bond donors (Lipinski definition) is 1. The fourth-order valence-corrected chi connectivity index (χ4v) is 1.75. The molecule has 0 aromatic heterocycles. The van der Waals surface area contributed by atoms with Crippen molar-refractivity contribution in [3.8, 4) is 5.75 Å². The Morgan fingerprint density at radius 3 is 2.33 bits per heavy atom. The molecular formula is C15H12F3NO2. The van der Waals surface area contributed by atoms with Gasteiger partial charge in [-0.25, -0.2) is 13.2 Å². The zero-order chi connectivity index (χ0) is 15.4. The largest absolute Gasteiger partial charge is 0.497 e. The van der Waals surface area contributed by atoms with Crippen molar-refractivity contribution in [3.05, 3.63) is 59.4 Å². The number of hydrogen-bond acceptors (Lipinski definition) is 2. The molecule has 21 heavy (non-hydrogen) atoms. The first kappa shape index (κ1) is 14.9. The Morgan fingerprint density at radius 2 is 1.71 bits per heavy atom. The molecule has 0 heterocycles. The number of carbonyl (C=O) groups is 1. The monoisotopic (exact) mass is 295 g/mol. The highest BCUT2D eigenvalue weighted by atomic mass is 19.2. The van der Waals surface area contributed by atoms with Gasteiger partial charge in [0.15, 0.2) is 17.5 Å². The van der Waals surface area contributed by atoms with Crippen LogP contribution in [-0.2, 0) is 11.2 Å². The van der Waals surface area contributed by atoms with Gasteiger partial charge in [-0.3, -0.25) is 4.79 Å². The summed E-state index contributed by atoms with van der Waals surface area (Å²) in [4.78, 5) is 11.8. The maximum Gasteiger partial charge on any atom is 0.228 e. The van der Waals surface area contributed by atoms with E-state index in [9.17, 15) is 18.0 Å². The molecule has 0 unspecified atom stereocenters. The van der Waals surface area contributed by atoms with Crippen molar-refractivity contribution in [2.45, 2.75) is 6.42 Å². The van der Waals surface area contributed by atoms with Gasteiger partial charge in [0, 0.05) is 0 Å². The summed E-state index contributed by atoms with van der Waals surface area (Å²) in [6.07, 6.45) is -0.0254. The molecule has 0 aliphatic heterocycles. The van der Waals surface area contributed by atoms with Gasteiger partial charge in [-0.1, -0.05) is 12.1 Å². The number of rotatable bonds is 4. The van der Waals surface area contributed by atoms with Crippen LogP contribution in [0.3, 0.4) is 0 Å². The molecule has 3 nitrogen and oxygen atoms in total. The van der Waals surface area contributed by atoms with Crippen LogP contribution < -0.4 is 10.1 Å². The van der Waals surface area contributed by atoms with E-state index in [0.29, 0.717) is 11.3 Å². The van der Waals surface area contributed by atoms with E-state index in [1.54, 1.807) is 24.3 Å². The Labute approximate surface area is 119 Å². The van der Waals surface area contributed by atoms with E-state index in [2.05, 4.69) is 5.32 Å². The summed E-state index contributed by atoms with van der Waals surface area (Å²) in [5.41, 5.74) is 0.281. The van der Waals surface area contributed by atoms with Crippen LogP contribution in [0.1, 0.15) is 5.56 Å². The lowest BCUT2D eigenvalue weighted by atomic mass is 10.1. The minimum Gasteiger partial charge on any atom is -0.497 e. The van der Waals surface area contributed by atoms with E-state index >= 15 is 0 Å². The standard InChI is InChI=1S/C15H12F3NO2/c1-21-10-4-2-9(3-5-10)8-13(20)19-12-7-6-11(16)14(17)15(12)18/h2-7H,8H2,1H3,(H,19,20). The number of methoxy groups -OCH3 is 1. The minimum absolute atomic E-state index is 0.0254. The third kappa shape index (κ3) is 3.53. The second-order valence-corrected chi connectivity index (χ2v) is 4.30. The number of anilines is 1. The zero-order valence-electron chi connectivity index (χ0n) is 11.1. The minimum atomic E-state index is -1.61. The Bertz CT molecular complexity index is 657. The maximum atomic E-state index is 13.4. The second kappa shape index (κ2) is 6.30. The molecule has 0 atom stereocenters. The number of carbonyl (C=O) groups excluding carboxylic acids is 1. The SMILES string of the molecule is COc1ccc(CC(=O)Nc2ccc(F)c(F)c2F)cc1. The lowest BCUT2D eigenvalue weighted by molar-refractivity contribution is -0.115. The maximum absolute atomic E-state index is 13.4. The van der Waals surface area contributed by atoms with Gasteiger partial charge in [0.1, 0.15) is 5.75 Å². The van der Waals surface area contributed by atoms with Crippen LogP contribution in [0, 0.1) is 17.5 Å². The van der Waals surface area contributed by atoms with Crippen molar-refractivity contribution in [1.82, 2.24) is 0 Å². The summed E-state index contributed by atoms with van der Waals surface area (Å²) < 4.78 is 44.2. The molecule has 0 saturated heterocycles. The zero-order valence-corrected chi connectivity index (χ0v) is 11.1. The van der Waals surface area contributed by atoms with E-state index in [-0.39, 0.29) is 6.42 Å². The summed E-state index contributed by atoms with van der Waals surface area (Å²) in [5, 5.41) is 2.20. The number of amides is 1. The van der Waals surface area contributed by atoms with Crippen LogP contribution in [0.2, 0.25) is 0 Å². The molecule has 0 bridgehead atoms. The van der Waals surface area contributed by atoms with Crippen LogP contribution in [0.5, 0.6) is 5.75 Å². The Morgan fingerprint density at radius 1 is 1.05 bits per heavy atom. The van der Waals surface area contributed by atoms with Gasteiger partial charge in [0.2, 0.25) is 5.91 Å². The van der Waals surface area contributed by atoms with Crippen molar-refractivity contribution in [2.24, 2.45) is 0 Å². The summed E-state index contributed by atoms with van der Waals surface area (Å²) in [6.45, 7) is 0. The number of ether oxygens (including phenoxy) is 1.